The van der Waals surface area contributed by atoms with Crippen LogP contribution in [0, 0.1) is 0 Å². The normalized spacial score (nSPS) is 12.6. The van der Waals surface area contributed by atoms with Gasteiger partial charge in [-0.2, -0.15) is 0 Å². The van der Waals surface area contributed by atoms with Crippen LogP contribution in [-0.2, 0) is 4.74 Å². The van der Waals surface area contributed by atoms with Crippen molar-refractivity contribution in [3.05, 3.63) is 41.6 Å². The van der Waals surface area contributed by atoms with Crippen LogP contribution < -0.4 is 0 Å². The summed E-state index contributed by atoms with van der Waals surface area (Å²) < 4.78 is 5.14. The van der Waals surface area contributed by atoms with Crippen molar-refractivity contribution in [3.8, 4) is 0 Å². The summed E-state index contributed by atoms with van der Waals surface area (Å²) in [6.45, 7) is 2.78. The standard InChI is InChI=1S/C14H15NO2/c1-10(9-17-2)12-4-3-11-5-6-13(8-16)15-14(11)7-12/h3-8,10H,9H2,1-2H3/t10-/m0/s1. The zero-order valence-electron chi connectivity index (χ0n) is 10.0. The van der Waals surface area contributed by atoms with Crippen molar-refractivity contribution in [3.63, 3.8) is 0 Å². The molecule has 2 aromatic rings. The molecule has 0 saturated heterocycles. The molecule has 0 spiro atoms. The minimum absolute atomic E-state index is 0.325. The number of benzene rings is 1. The Morgan fingerprint density at radius 3 is 2.82 bits per heavy atom. The predicted molar refractivity (Wildman–Crippen MR) is 67.4 cm³/mol. The van der Waals surface area contributed by atoms with E-state index in [1.54, 1.807) is 13.2 Å². The number of aromatic nitrogens is 1. The van der Waals surface area contributed by atoms with Gasteiger partial charge in [0.05, 0.1) is 12.1 Å². The summed E-state index contributed by atoms with van der Waals surface area (Å²) in [5, 5.41) is 1.05. The number of pyridine rings is 1. The second-order valence-electron chi connectivity index (χ2n) is 4.16. The van der Waals surface area contributed by atoms with Gasteiger partial charge in [-0.25, -0.2) is 4.98 Å². The summed E-state index contributed by atoms with van der Waals surface area (Å²) in [7, 11) is 1.69. The lowest BCUT2D eigenvalue weighted by atomic mass is 10.0. The number of hydrogen-bond donors (Lipinski definition) is 0. The Kier molecular flexibility index (Phi) is 3.49. The first-order valence-electron chi connectivity index (χ1n) is 5.59. The third kappa shape index (κ3) is 2.50. The molecule has 1 heterocycles. The number of nitrogens with zero attached hydrogens (tertiary/aromatic N) is 1. The average Bonchev–Trinajstić information content (AvgIpc) is 2.37. The van der Waals surface area contributed by atoms with E-state index in [9.17, 15) is 4.79 Å². The lowest BCUT2D eigenvalue weighted by molar-refractivity contribution is 0.111. The van der Waals surface area contributed by atoms with E-state index in [1.165, 1.54) is 5.56 Å². The highest BCUT2D eigenvalue weighted by Crippen LogP contribution is 2.20. The van der Waals surface area contributed by atoms with Crippen LogP contribution in [0.15, 0.2) is 30.3 Å². The van der Waals surface area contributed by atoms with Gasteiger partial charge in [0, 0.05) is 18.4 Å². The lowest BCUT2D eigenvalue weighted by Gasteiger charge is -2.11. The molecule has 0 radical (unpaired) electrons. The topological polar surface area (TPSA) is 39.2 Å². The molecular weight excluding hydrogens is 214 g/mol. The highest BCUT2D eigenvalue weighted by molar-refractivity contribution is 5.83. The van der Waals surface area contributed by atoms with Crippen LogP contribution in [0.5, 0.6) is 0 Å². The zero-order chi connectivity index (χ0) is 12.3. The predicted octanol–water partition coefficient (Wildman–Crippen LogP) is 2.80. The largest absolute Gasteiger partial charge is 0.384 e. The fourth-order valence-electron chi connectivity index (χ4n) is 1.87. The Morgan fingerprint density at radius 2 is 2.12 bits per heavy atom. The molecule has 3 nitrogen and oxygen atoms in total. The summed E-state index contributed by atoms with van der Waals surface area (Å²) in [6, 6.07) is 9.77. The number of rotatable bonds is 4. The van der Waals surface area contributed by atoms with Crippen LogP contribution in [0.3, 0.4) is 0 Å². The highest BCUT2D eigenvalue weighted by Gasteiger charge is 2.06. The van der Waals surface area contributed by atoms with E-state index in [2.05, 4.69) is 18.0 Å². The quantitative estimate of drug-likeness (QED) is 0.757. The number of methoxy groups -OCH3 is 1. The number of hydrogen-bond acceptors (Lipinski definition) is 3. The van der Waals surface area contributed by atoms with Crippen molar-refractivity contribution in [2.24, 2.45) is 0 Å². The Hall–Kier alpha value is -1.74. The third-order valence-electron chi connectivity index (χ3n) is 2.84. The lowest BCUT2D eigenvalue weighted by Crippen LogP contribution is -2.02. The Labute approximate surface area is 100 Å². The minimum Gasteiger partial charge on any atom is -0.384 e. The van der Waals surface area contributed by atoms with Gasteiger partial charge < -0.3 is 4.74 Å². The molecule has 0 unspecified atom stereocenters. The third-order valence-corrected chi connectivity index (χ3v) is 2.84. The van der Waals surface area contributed by atoms with Crippen LogP contribution in [0.25, 0.3) is 10.9 Å². The molecule has 0 N–H and O–H groups in total. The number of carbonyl (C=O) groups is 1. The summed E-state index contributed by atoms with van der Waals surface area (Å²) in [4.78, 5) is 15.0. The maximum atomic E-state index is 10.7. The van der Waals surface area contributed by atoms with E-state index in [-0.39, 0.29) is 0 Å². The van der Waals surface area contributed by atoms with Crippen LogP contribution in [0.4, 0.5) is 0 Å². The molecule has 88 valence electrons. The molecule has 0 aliphatic rings. The van der Waals surface area contributed by atoms with Crippen LogP contribution >= 0.6 is 0 Å². The molecule has 0 amide bonds. The number of fused-ring (bicyclic) bond motifs is 1. The van der Waals surface area contributed by atoms with Crippen molar-refractivity contribution in [1.82, 2.24) is 4.98 Å². The molecule has 1 aromatic carbocycles. The first-order chi connectivity index (χ1) is 8.24. The first kappa shape index (κ1) is 11.7. The summed E-state index contributed by atoms with van der Waals surface area (Å²) in [6.07, 6.45) is 0.769. The van der Waals surface area contributed by atoms with Crippen LogP contribution in [0.1, 0.15) is 28.9 Å². The highest BCUT2D eigenvalue weighted by atomic mass is 16.5. The van der Waals surface area contributed by atoms with Crippen molar-refractivity contribution in [2.75, 3.05) is 13.7 Å². The van der Waals surface area contributed by atoms with Gasteiger partial charge in [0.1, 0.15) is 5.69 Å². The minimum atomic E-state index is 0.325. The van der Waals surface area contributed by atoms with E-state index in [0.717, 1.165) is 17.2 Å². The van der Waals surface area contributed by atoms with Gasteiger partial charge in [0.25, 0.3) is 0 Å². The van der Waals surface area contributed by atoms with Crippen LogP contribution in [0.2, 0.25) is 0 Å². The molecule has 0 saturated carbocycles. The summed E-state index contributed by atoms with van der Waals surface area (Å²) in [5.41, 5.74) is 2.50. The van der Waals surface area contributed by atoms with Gasteiger partial charge in [0.2, 0.25) is 0 Å². The summed E-state index contributed by atoms with van der Waals surface area (Å²) >= 11 is 0. The van der Waals surface area contributed by atoms with E-state index in [1.807, 2.05) is 18.2 Å². The molecule has 1 atom stereocenters. The maximum absolute atomic E-state index is 10.7. The number of aldehydes is 1. The Morgan fingerprint density at radius 1 is 1.35 bits per heavy atom. The SMILES string of the molecule is COC[C@H](C)c1ccc2ccc(C=O)nc2c1. The molecule has 17 heavy (non-hydrogen) atoms. The van der Waals surface area contributed by atoms with E-state index < -0.39 is 0 Å². The van der Waals surface area contributed by atoms with E-state index in [4.69, 9.17) is 4.74 Å². The Bertz CT molecular complexity index is 537. The van der Waals surface area contributed by atoms with E-state index in [0.29, 0.717) is 18.2 Å². The van der Waals surface area contributed by atoms with Gasteiger partial charge in [0.15, 0.2) is 6.29 Å². The molecule has 1 aromatic heterocycles. The second kappa shape index (κ2) is 5.06. The average molecular weight is 229 g/mol. The molecule has 0 bridgehead atoms. The van der Waals surface area contributed by atoms with Gasteiger partial charge in [-0.15, -0.1) is 0 Å². The fraction of sp³-hybridized carbons (Fsp3) is 0.286. The van der Waals surface area contributed by atoms with E-state index >= 15 is 0 Å². The fourth-order valence-corrected chi connectivity index (χ4v) is 1.87. The van der Waals surface area contributed by atoms with Crippen molar-refractivity contribution in [2.45, 2.75) is 12.8 Å². The van der Waals surface area contributed by atoms with Crippen molar-refractivity contribution in [1.29, 1.82) is 0 Å². The second-order valence-corrected chi connectivity index (χ2v) is 4.16. The summed E-state index contributed by atoms with van der Waals surface area (Å²) in [5.74, 6) is 0.325. The van der Waals surface area contributed by atoms with Gasteiger partial charge in [-0.05, 0) is 17.7 Å². The van der Waals surface area contributed by atoms with Gasteiger partial charge in [-0.3, -0.25) is 4.79 Å². The molecule has 0 aliphatic heterocycles. The first-order valence-corrected chi connectivity index (χ1v) is 5.59. The van der Waals surface area contributed by atoms with Crippen molar-refractivity contribution < 1.29 is 9.53 Å². The number of carbonyl (C=O) groups excluding carboxylic acids is 1. The number of ether oxygens (including phenoxy) is 1. The smallest absolute Gasteiger partial charge is 0.168 e. The Balaban J connectivity index is 2.44. The molecule has 3 heteroatoms. The molecular formula is C14H15NO2. The van der Waals surface area contributed by atoms with Crippen LogP contribution in [-0.4, -0.2) is 25.0 Å². The monoisotopic (exact) mass is 229 g/mol. The molecule has 0 aliphatic carbocycles. The molecule has 0 fully saturated rings. The van der Waals surface area contributed by atoms with Gasteiger partial charge >= 0.3 is 0 Å². The van der Waals surface area contributed by atoms with Gasteiger partial charge in [-0.1, -0.05) is 25.1 Å². The van der Waals surface area contributed by atoms with Crippen molar-refractivity contribution >= 4 is 17.2 Å². The zero-order valence-corrected chi connectivity index (χ0v) is 10.0. The molecule has 2 rings (SSSR count). The maximum Gasteiger partial charge on any atom is 0.168 e.